The Morgan fingerprint density at radius 3 is 2.55 bits per heavy atom. The predicted octanol–water partition coefficient (Wildman–Crippen LogP) is 6.08. The number of fused-ring (bicyclic) bond motifs is 3. The SMILES string of the molecule is Cc1ccc(C)c(-n2c(SCc3ccccc3C)nc3c([nH]c4ccccc43)c2=O)c1. The molecule has 2 aromatic heterocycles. The number of H-pyrrole nitrogens is 1. The fraction of sp³-hybridized carbons (Fsp3) is 0.154. The van der Waals surface area contributed by atoms with Crippen molar-refractivity contribution in [1.29, 1.82) is 0 Å². The second-order valence-corrected chi connectivity index (χ2v) is 8.88. The number of para-hydroxylation sites is 1. The summed E-state index contributed by atoms with van der Waals surface area (Å²) in [6, 6.07) is 22.5. The molecule has 0 fully saturated rings. The number of thioether (sulfide) groups is 1. The van der Waals surface area contributed by atoms with E-state index in [0.29, 0.717) is 10.7 Å². The number of rotatable bonds is 4. The van der Waals surface area contributed by atoms with Crippen molar-refractivity contribution in [2.45, 2.75) is 31.7 Å². The van der Waals surface area contributed by atoms with E-state index in [0.717, 1.165) is 39.0 Å². The molecule has 0 saturated heterocycles. The average molecular weight is 426 g/mol. The zero-order valence-electron chi connectivity index (χ0n) is 17.8. The van der Waals surface area contributed by atoms with Gasteiger partial charge in [-0.1, -0.05) is 66.4 Å². The summed E-state index contributed by atoms with van der Waals surface area (Å²) in [7, 11) is 0. The second kappa shape index (κ2) is 7.75. The van der Waals surface area contributed by atoms with Crippen molar-refractivity contribution in [3.63, 3.8) is 0 Å². The first-order chi connectivity index (χ1) is 15.0. The van der Waals surface area contributed by atoms with Crippen LogP contribution in [-0.2, 0) is 5.75 Å². The van der Waals surface area contributed by atoms with Gasteiger partial charge in [-0.05, 0) is 55.2 Å². The summed E-state index contributed by atoms with van der Waals surface area (Å²) in [5, 5.41) is 1.68. The van der Waals surface area contributed by atoms with Crippen LogP contribution in [0.2, 0.25) is 0 Å². The molecule has 0 amide bonds. The molecule has 0 aliphatic carbocycles. The predicted molar refractivity (Wildman–Crippen MR) is 129 cm³/mol. The van der Waals surface area contributed by atoms with E-state index in [1.807, 2.05) is 44.2 Å². The van der Waals surface area contributed by atoms with Gasteiger partial charge in [-0.2, -0.15) is 0 Å². The molecule has 4 nitrogen and oxygen atoms in total. The molecule has 0 spiro atoms. The fourth-order valence-corrected chi connectivity index (χ4v) is 5.00. The van der Waals surface area contributed by atoms with Crippen molar-refractivity contribution in [3.8, 4) is 5.69 Å². The number of aromatic nitrogens is 3. The summed E-state index contributed by atoms with van der Waals surface area (Å²) in [5.41, 5.74) is 7.65. The maximum absolute atomic E-state index is 13.7. The van der Waals surface area contributed by atoms with E-state index < -0.39 is 0 Å². The van der Waals surface area contributed by atoms with E-state index in [2.05, 4.69) is 48.3 Å². The van der Waals surface area contributed by atoms with Gasteiger partial charge in [0.1, 0.15) is 11.0 Å². The van der Waals surface area contributed by atoms with Crippen LogP contribution in [0.3, 0.4) is 0 Å². The van der Waals surface area contributed by atoms with Crippen LogP contribution >= 0.6 is 11.8 Å². The molecular formula is C26H23N3OS. The molecule has 154 valence electrons. The van der Waals surface area contributed by atoms with Crippen molar-refractivity contribution in [2.24, 2.45) is 0 Å². The van der Waals surface area contributed by atoms with E-state index >= 15 is 0 Å². The Kier molecular flexibility index (Phi) is 4.91. The molecular weight excluding hydrogens is 402 g/mol. The topological polar surface area (TPSA) is 50.7 Å². The fourth-order valence-electron chi connectivity index (χ4n) is 3.93. The van der Waals surface area contributed by atoms with Crippen molar-refractivity contribution >= 4 is 33.7 Å². The Morgan fingerprint density at radius 1 is 0.935 bits per heavy atom. The molecule has 0 aliphatic rings. The van der Waals surface area contributed by atoms with Crippen molar-refractivity contribution in [2.75, 3.05) is 0 Å². The number of benzene rings is 3. The van der Waals surface area contributed by atoms with Gasteiger partial charge in [0.25, 0.3) is 5.56 Å². The van der Waals surface area contributed by atoms with Gasteiger partial charge in [0.05, 0.1) is 5.69 Å². The van der Waals surface area contributed by atoms with E-state index in [-0.39, 0.29) is 5.56 Å². The third-order valence-corrected chi connectivity index (χ3v) is 6.71. The van der Waals surface area contributed by atoms with Gasteiger partial charge < -0.3 is 4.98 Å². The lowest BCUT2D eigenvalue weighted by atomic mass is 10.1. The summed E-state index contributed by atoms with van der Waals surface area (Å²) in [6.07, 6.45) is 0. The van der Waals surface area contributed by atoms with Gasteiger partial charge >= 0.3 is 0 Å². The Bertz CT molecular complexity index is 1500. The molecule has 0 unspecified atom stereocenters. The van der Waals surface area contributed by atoms with Crippen LogP contribution < -0.4 is 5.56 Å². The van der Waals surface area contributed by atoms with Gasteiger partial charge in [0, 0.05) is 16.7 Å². The number of nitrogens with zero attached hydrogens (tertiary/aromatic N) is 2. The number of hydrogen-bond acceptors (Lipinski definition) is 3. The zero-order valence-corrected chi connectivity index (χ0v) is 18.6. The molecule has 1 N–H and O–H groups in total. The molecule has 0 saturated carbocycles. The van der Waals surface area contributed by atoms with Crippen molar-refractivity contribution < 1.29 is 0 Å². The quantitative estimate of drug-likeness (QED) is 0.280. The number of aromatic amines is 1. The van der Waals surface area contributed by atoms with Gasteiger partial charge in [-0.15, -0.1) is 0 Å². The summed E-state index contributed by atoms with van der Waals surface area (Å²) in [4.78, 5) is 22.0. The summed E-state index contributed by atoms with van der Waals surface area (Å²) in [6.45, 7) is 6.19. The minimum absolute atomic E-state index is 0.0674. The lowest BCUT2D eigenvalue weighted by Gasteiger charge is -2.15. The zero-order chi connectivity index (χ0) is 21.5. The molecule has 31 heavy (non-hydrogen) atoms. The van der Waals surface area contributed by atoms with Gasteiger partial charge in [0.15, 0.2) is 5.16 Å². The first kappa shape index (κ1) is 19.6. The van der Waals surface area contributed by atoms with Gasteiger partial charge in [-0.25, -0.2) is 4.98 Å². The molecule has 5 aromatic rings. The molecule has 0 aliphatic heterocycles. The Balaban J connectivity index is 1.76. The lowest BCUT2D eigenvalue weighted by molar-refractivity contribution is 0.812. The molecule has 0 atom stereocenters. The van der Waals surface area contributed by atoms with Crippen LogP contribution in [0.5, 0.6) is 0 Å². The largest absolute Gasteiger partial charge is 0.349 e. The van der Waals surface area contributed by atoms with Crippen LogP contribution in [0.4, 0.5) is 0 Å². The first-order valence-corrected chi connectivity index (χ1v) is 11.3. The van der Waals surface area contributed by atoms with Crippen LogP contribution in [0.25, 0.3) is 27.6 Å². The lowest BCUT2D eigenvalue weighted by Crippen LogP contribution is -2.22. The normalized spacial score (nSPS) is 11.5. The van der Waals surface area contributed by atoms with E-state index in [9.17, 15) is 4.79 Å². The standard InChI is InChI=1S/C26H23N3OS/c1-16-12-13-18(3)22(14-16)29-25(30)24-23(20-10-6-7-11-21(20)27-24)28-26(29)31-15-19-9-5-4-8-17(19)2/h4-14,27H,15H2,1-3H3. The van der Waals surface area contributed by atoms with Crippen molar-refractivity contribution in [3.05, 3.63) is 99.3 Å². The highest BCUT2D eigenvalue weighted by molar-refractivity contribution is 7.98. The van der Waals surface area contributed by atoms with Crippen LogP contribution in [-0.4, -0.2) is 14.5 Å². The molecule has 0 bridgehead atoms. The Morgan fingerprint density at radius 2 is 1.71 bits per heavy atom. The van der Waals surface area contributed by atoms with Crippen LogP contribution in [0, 0.1) is 20.8 Å². The second-order valence-electron chi connectivity index (χ2n) is 7.93. The Labute approximate surface area is 185 Å². The summed E-state index contributed by atoms with van der Waals surface area (Å²) in [5.74, 6) is 0.748. The smallest absolute Gasteiger partial charge is 0.283 e. The summed E-state index contributed by atoms with van der Waals surface area (Å²) < 4.78 is 1.77. The molecule has 5 heteroatoms. The maximum Gasteiger partial charge on any atom is 0.283 e. The third-order valence-electron chi connectivity index (χ3n) is 5.72. The summed E-state index contributed by atoms with van der Waals surface area (Å²) >= 11 is 1.60. The van der Waals surface area contributed by atoms with E-state index in [1.54, 1.807) is 16.3 Å². The number of aryl methyl sites for hydroxylation is 3. The maximum atomic E-state index is 13.7. The number of hydrogen-bond donors (Lipinski definition) is 1. The first-order valence-electron chi connectivity index (χ1n) is 10.3. The van der Waals surface area contributed by atoms with Crippen molar-refractivity contribution in [1.82, 2.24) is 14.5 Å². The van der Waals surface area contributed by atoms with E-state index in [1.165, 1.54) is 11.1 Å². The third kappa shape index (κ3) is 3.45. The van der Waals surface area contributed by atoms with Crippen LogP contribution in [0.15, 0.2) is 76.7 Å². The highest BCUT2D eigenvalue weighted by atomic mass is 32.2. The monoisotopic (exact) mass is 425 g/mol. The average Bonchev–Trinajstić information content (AvgIpc) is 3.14. The minimum Gasteiger partial charge on any atom is -0.349 e. The molecule has 2 heterocycles. The number of nitrogens with one attached hydrogen (secondary N) is 1. The Hall–Kier alpha value is -3.31. The molecule has 5 rings (SSSR count). The molecule has 3 aromatic carbocycles. The van der Waals surface area contributed by atoms with Gasteiger partial charge in [-0.3, -0.25) is 9.36 Å². The highest BCUT2D eigenvalue weighted by Gasteiger charge is 2.18. The van der Waals surface area contributed by atoms with Gasteiger partial charge in [0.2, 0.25) is 0 Å². The molecule has 0 radical (unpaired) electrons. The highest BCUT2D eigenvalue weighted by Crippen LogP contribution is 2.29. The minimum atomic E-state index is -0.0674. The van der Waals surface area contributed by atoms with E-state index in [4.69, 9.17) is 4.98 Å². The van der Waals surface area contributed by atoms with Crippen LogP contribution in [0.1, 0.15) is 22.3 Å².